The molecule has 2 aromatic rings. The van der Waals surface area contributed by atoms with E-state index in [0.29, 0.717) is 5.82 Å². The van der Waals surface area contributed by atoms with Gasteiger partial charge in [0, 0.05) is 6.20 Å². The van der Waals surface area contributed by atoms with Crippen LogP contribution in [-0.4, -0.2) is 19.9 Å². The molecule has 5 heteroatoms. The largest absolute Gasteiger partial charge is 0.504 e. The van der Waals surface area contributed by atoms with Crippen LogP contribution in [0.3, 0.4) is 0 Å². The van der Waals surface area contributed by atoms with Gasteiger partial charge in [-0.05, 0) is 12.1 Å². The summed E-state index contributed by atoms with van der Waals surface area (Å²) in [5.74, 6) is 0.528. The number of rotatable bonds is 1. The zero-order chi connectivity index (χ0) is 9.26. The quantitative estimate of drug-likeness (QED) is 0.753. The lowest BCUT2D eigenvalue weighted by Gasteiger charge is -1.99. The lowest BCUT2D eigenvalue weighted by molar-refractivity contribution is 0.475. The number of halogens is 1. The molecular weight excluding hydrogens is 190 g/mol. The fourth-order valence-electron chi connectivity index (χ4n) is 0.964. The number of hydrogen-bond donors (Lipinski definition) is 1. The van der Waals surface area contributed by atoms with Gasteiger partial charge in [0.2, 0.25) is 0 Å². The zero-order valence-corrected chi connectivity index (χ0v) is 7.31. The molecule has 0 bridgehead atoms. The summed E-state index contributed by atoms with van der Waals surface area (Å²) >= 11 is 5.75. The summed E-state index contributed by atoms with van der Waals surface area (Å²) in [7, 11) is 0. The molecule has 0 aliphatic rings. The van der Waals surface area contributed by atoms with Gasteiger partial charge in [-0.3, -0.25) is 0 Å². The van der Waals surface area contributed by atoms with Crippen molar-refractivity contribution in [2.75, 3.05) is 0 Å². The van der Waals surface area contributed by atoms with Crippen molar-refractivity contribution in [2.24, 2.45) is 0 Å². The van der Waals surface area contributed by atoms with E-state index in [-0.39, 0.29) is 10.9 Å². The Hall–Kier alpha value is -1.55. The van der Waals surface area contributed by atoms with Gasteiger partial charge in [-0.25, -0.2) is 4.98 Å². The number of aromatic nitrogens is 3. The van der Waals surface area contributed by atoms with Crippen molar-refractivity contribution in [3.63, 3.8) is 0 Å². The van der Waals surface area contributed by atoms with Crippen molar-refractivity contribution in [2.45, 2.75) is 0 Å². The summed E-state index contributed by atoms with van der Waals surface area (Å²) in [6, 6.07) is 5.36. The molecule has 0 saturated heterocycles. The predicted molar refractivity (Wildman–Crippen MR) is 48.0 cm³/mol. The third-order valence-electron chi connectivity index (χ3n) is 1.56. The van der Waals surface area contributed by atoms with E-state index in [1.807, 2.05) is 6.07 Å². The molecule has 0 spiro atoms. The van der Waals surface area contributed by atoms with E-state index >= 15 is 0 Å². The van der Waals surface area contributed by atoms with Gasteiger partial charge >= 0.3 is 0 Å². The molecule has 2 heterocycles. The molecule has 66 valence electrons. The third-order valence-corrected chi connectivity index (χ3v) is 1.91. The first kappa shape index (κ1) is 8.07. The SMILES string of the molecule is Oc1cnn(-c2ccccn2)c1Cl. The minimum absolute atomic E-state index is 0.0488. The molecule has 1 N–H and O–H groups in total. The lowest BCUT2D eigenvalue weighted by atomic mass is 10.5. The van der Waals surface area contributed by atoms with Crippen molar-refractivity contribution in [1.29, 1.82) is 0 Å². The van der Waals surface area contributed by atoms with Gasteiger partial charge in [0.05, 0.1) is 6.20 Å². The summed E-state index contributed by atoms with van der Waals surface area (Å²) < 4.78 is 1.36. The van der Waals surface area contributed by atoms with Crippen molar-refractivity contribution >= 4 is 11.6 Å². The van der Waals surface area contributed by atoms with Crippen LogP contribution in [0.2, 0.25) is 5.15 Å². The number of nitrogens with zero attached hydrogens (tertiary/aromatic N) is 3. The van der Waals surface area contributed by atoms with Gasteiger partial charge in [-0.1, -0.05) is 17.7 Å². The van der Waals surface area contributed by atoms with E-state index in [1.165, 1.54) is 10.9 Å². The molecule has 2 rings (SSSR count). The Balaban J connectivity index is 2.53. The van der Waals surface area contributed by atoms with Crippen molar-refractivity contribution in [3.8, 4) is 11.6 Å². The molecule has 0 saturated carbocycles. The van der Waals surface area contributed by atoms with Crippen LogP contribution in [0.1, 0.15) is 0 Å². The molecule has 0 aliphatic heterocycles. The summed E-state index contributed by atoms with van der Waals surface area (Å²) in [6.07, 6.45) is 2.90. The van der Waals surface area contributed by atoms with Crippen LogP contribution in [0.15, 0.2) is 30.6 Å². The maximum absolute atomic E-state index is 9.16. The molecule has 0 unspecified atom stereocenters. The molecule has 0 aromatic carbocycles. The average Bonchev–Trinajstić information content (AvgIpc) is 2.49. The van der Waals surface area contributed by atoms with Crippen LogP contribution in [0.5, 0.6) is 5.75 Å². The van der Waals surface area contributed by atoms with Gasteiger partial charge in [-0.15, -0.1) is 0 Å². The van der Waals surface area contributed by atoms with Crippen LogP contribution >= 0.6 is 11.6 Å². The summed E-state index contributed by atoms with van der Waals surface area (Å²) in [5.41, 5.74) is 0. The van der Waals surface area contributed by atoms with Crippen molar-refractivity contribution < 1.29 is 5.11 Å². The highest BCUT2D eigenvalue weighted by Gasteiger charge is 2.08. The maximum atomic E-state index is 9.16. The molecule has 0 aliphatic carbocycles. The Morgan fingerprint density at radius 2 is 2.23 bits per heavy atom. The van der Waals surface area contributed by atoms with Crippen LogP contribution < -0.4 is 0 Å². The minimum Gasteiger partial charge on any atom is -0.504 e. The zero-order valence-electron chi connectivity index (χ0n) is 6.55. The second-order valence-corrected chi connectivity index (χ2v) is 2.78. The number of aromatic hydroxyl groups is 1. The van der Waals surface area contributed by atoms with Crippen LogP contribution in [0, 0.1) is 0 Å². The monoisotopic (exact) mass is 195 g/mol. The Labute approximate surface area is 79.4 Å². The minimum atomic E-state index is -0.0488. The molecule has 4 nitrogen and oxygen atoms in total. The molecule has 0 atom stereocenters. The Kier molecular flexibility index (Phi) is 1.90. The van der Waals surface area contributed by atoms with E-state index in [1.54, 1.807) is 18.3 Å². The summed E-state index contributed by atoms with van der Waals surface area (Å²) in [5, 5.41) is 13.2. The summed E-state index contributed by atoms with van der Waals surface area (Å²) in [6.45, 7) is 0. The highest BCUT2D eigenvalue weighted by Crippen LogP contribution is 2.23. The summed E-state index contributed by atoms with van der Waals surface area (Å²) in [4.78, 5) is 4.03. The highest BCUT2D eigenvalue weighted by atomic mass is 35.5. The highest BCUT2D eigenvalue weighted by molar-refractivity contribution is 6.31. The van der Waals surface area contributed by atoms with Crippen LogP contribution in [-0.2, 0) is 0 Å². The van der Waals surface area contributed by atoms with E-state index in [9.17, 15) is 0 Å². The Bertz CT molecular complexity index is 413. The van der Waals surface area contributed by atoms with Crippen molar-refractivity contribution in [3.05, 3.63) is 35.7 Å². The predicted octanol–water partition coefficient (Wildman–Crippen LogP) is 1.63. The first-order valence-corrected chi connectivity index (χ1v) is 4.01. The van der Waals surface area contributed by atoms with E-state index in [0.717, 1.165) is 0 Å². The number of pyridine rings is 1. The molecule has 13 heavy (non-hydrogen) atoms. The first-order chi connectivity index (χ1) is 6.29. The first-order valence-electron chi connectivity index (χ1n) is 3.63. The van der Waals surface area contributed by atoms with Crippen LogP contribution in [0.25, 0.3) is 5.82 Å². The van der Waals surface area contributed by atoms with Gasteiger partial charge in [0.25, 0.3) is 0 Å². The van der Waals surface area contributed by atoms with E-state index in [4.69, 9.17) is 16.7 Å². The molecular formula is C8H6ClN3O. The number of hydrogen-bond acceptors (Lipinski definition) is 3. The second kappa shape index (κ2) is 3.06. The van der Waals surface area contributed by atoms with Crippen molar-refractivity contribution in [1.82, 2.24) is 14.8 Å². The Morgan fingerprint density at radius 1 is 1.38 bits per heavy atom. The van der Waals surface area contributed by atoms with Crippen LogP contribution in [0.4, 0.5) is 0 Å². The van der Waals surface area contributed by atoms with Gasteiger partial charge in [0.15, 0.2) is 16.7 Å². The van der Waals surface area contributed by atoms with E-state index < -0.39 is 0 Å². The molecule has 0 radical (unpaired) electrons. The van der Waals surface area contributed by atoms with Gasteiger partial charge in [0.1, 0.15) is 0 Å². The fourth-order valence-corrected chi connectivity index (χ4v) is 1.14. The van der Waals surface area contributed by atoms with Gasteiger partial charge < -0.3 is 5.11 Å². The maximum Gasteiger partial charge on any atom is 0.176 e. The third kappa shape index (κ3) is 1.36. The van der Waals surface area contributed by atoms with E-state index in [2.05, 4.69) is 10.1 Å². The molecule has 0 amide bonds. The molecule has 0 fully saturated rings. The average molecular weight is 196 g/mol. The lowest BCUT2D eigenvalue weighted by Crippen LogP contribution is -1.97. The standard InChI is InChI=1S/C8H6ClN3O/c9-8-6(13)5-11-12(8)7-3-1-2-4-10-7/h1-5,13H. The molecule has 2 aromatic heterocycles. The van der Waals surface area contributed by atoms with Gasteiger partial charge in [-0.2, -0.15) is 9.78 Å². The Morgan fingerprint density at radius 3 is 2.77 bits per heavy atom. The topological polar surface area (TPSA) is 50.9 Å². The second-order valence-electron chi connectivity index (χ2n) is 2.42. The fraction of sp³-hybridized carbons (Fsp3) is 0. The normalized spacial score (nSPS) is 10.2. The smallest absolute Gasteiger partial charge is 0.176 e.